The molecule has 0 saturated carbocycles. The molecule has 1 fully saturated rings. The first-order chi connectivity index (χ1) is 12.5. The number of methoxy groups -OCH3 is 1. The van der Waals surface area contributed by atoms with Gasteiger partial charge in [-0.1, -0.05) is 37.7 Å². The zero-order valence-corrected chi connectivity index (χ0v) is 16.4. The molecule has 0 aromatic heterocycles. The fourth-order valence-corrected chi connectivity index (χ4v) is 4.51. The number of carbonyl (C=O) groups is 1. The summed E-state index contributed by atoms with van der Waals surface area (Å²) in [5.41, 5.74) is 1.66. The molecule has 1 aromatic rings. The molecular formula is C20H25N3O2S. The van der Waals surface area contributed by atoms with Crippen LogP contribution in [0.4, 0.5) is 0 Å². The first-order valence-electron chi connectivity index (χ1n) is 8.97. The van der Waals surface area contributed by atoms with Gasteiger partial charge in [0.2, 0.25) is 5.91 Å². The largest absolute Gasteiger partial charge is 0.497 e. The Morgan fingerprint density at radius 3 is 2.92 bits per heavy atom. The molecule has 0 spiro atoms. The number of allylic oxidation sites excluding steroid dienone is 1. The van der Waals surface area contributed by atoms with Gasteiger partial charge >= 0.3 is 0 Å². The second-order valence-electron chi connectivity index (χ2n) is 7.18. The van der Waals surface area contributed by atoms with Crippen molar-refractivity contribution >= 4 is 17.7 Å². The summed E-state index contributed by atoms with van der Waals surface area (Å²) >= 11 is 1.61. The van der Waals surface area contributed by atoms with E-state index in [9.17, 15) is 10.1 Å². The average molecular weight is 372 g/mol. The second kappa shape index (κ2) is 8.15. The maximum absolute atomic E-state index is 12.8. The molecule has 2 aliphatic heterocycles. The molecule has 0 aliphatic carbocycles. The predicted molar refractivity (Wildman–Crippen MR) is 103 cm³/mol. The van der Waals surface area contributed by atoms with E-state index in [1.165, 1.54) is 0 Å². The molecule has 1 atom stereocenters. The number of amides is 1. The lowest BCUT2D eigenvalue weighted by Gasteiger charge is -2.41. The maximum Gasteiger partial charge on any atom is 0.229 e. The molecule has 1 aromatic carbocycles. The van der Waals surface area contributed by atoms with Crippen molar-refractivity contribution in [2.24, 2.45) is 5.92 Å². The van der Waals surface area contributed by atoms with Gasteiger partial charge in [-0.2, -0.15) is 5.26 Å². The van der Waals surface area contributed by atoms with Crippen LogP contribution in [0.1, 0.15) is 38.2 Å². The minimum Gasteiger partial charge on any atom is -0.497 e. The van der Waals surface area contributed by atoms with Crippen molar-refractivity contribution in [3.63, 3.8) is 0 Å². The van der Waals surface area contributed by atoms with Gasteiger partial charge in [0.25, 0.3) is 0 Å². The summed E-state index contributed by atoms with van der Waals surface area (Å²) in [4.78, 5) is 16.9. The minimum atomic E-state index is -0.191. The van der Waals surface area contributed by atoms with Crippen LogP contribution in [-0.4, -0.2) is 41.9 Å². The maximum atomic E-state index is 12.8. The first-order valence-corrected chi connectivity index (χ1v) is 9.95. The van der Waals surface area contributed by atoms with Gasteiger partial charge in [-0.05, 0) is 30.0 Å². The number of nitrogens with zero attached hydrogens (tertiary/aromatic N) is 3. The lowest BCUT2D eigenvalue weighted by Crippen LogP contribution is -2.47. The van der Waals surface area contributed by atoms with Crippen molar-refractivity contribution in [3.05, 3.63) is 40.4 Å². The molecule has 138 valence electrons. The zero-order chi connectivity index (χ0) is 18.7. The van der Waals surface area contributed by atoms with E-state index in [2.05, 4.69) is 24.8 Å². The highest BCUT2D eigenvalue weighted by molar-refractivity contribution is 8.03. The number of thioether (sulfide) groups is 1. The van der Waals surface area contributed by atoms with E-state index in [1.54, 1.807) is 23.8 Å². The third-order valence-electron chi connectivity index (χ3n) is 4.87. The highest BCUT2D eigenvalue weighted by Crippen LogP contribution is 2.42. The Morgan fingerprint density at radius 1 is 1.42 bits per heavy atom. The van der Waals surface area contributed by atoms with Crippen molar-refractivity contribution in [3.8, 4) is 11.8 Å². The Kier molecular flexibility index (Phi) is 5.90. The molecule has 26 heavy (non-hydrogen) atoms. The molecular weight excluding hydrogens is 346 g/mol. The van der Waals surface area contributed by atoms with Crippen LogP contribution in [-0.2, 0) is 4.79 Å². The number of ether oxygens (including phenoxy) is 1. The SMILES string of the molecule is COc1cccc([C@@H]2CC(=O)N3CN(CCC(C)C)CSC3=C2C#N)c1. The molecule has 0 unspecified atom stereocenters. The van der Waals surface area contributed by atoms with Crippen LogP contribution < -0.4 is 4.74 Å². The van der Waals surface area contributed by atoms with Crippen LogP contribution in [0.15, 0.2) is 34.9 Å². The molecule has 1 amide bonds. The Bertz CT molecular complexity index is 754. The number of carbonyl (C=O) groups excluding carboxylic acids is 1. The van der Waals surface area contributed by atoms with Gasteiger partial charge in [0.05, 0.1) is 36.3 Å². The Morgan fingerprint density at radius 2 is 2.23 bits per heavy atom. The summed E-state index contributed by atoms with van der Waals surface area (Å²) in [6.45, 7) is 5.98. The molecule has 0 bridgehead atoms. The topological polar surface area (TPSA) is 56.6 Å². The second-order valence-corrected chi connectivity index (χ2v) is 8.11. The van der Waals surface area contributed by atoms with E-state index >= 15 is 0 Å². The Labute approximate surface area is 159 Å². The molecule has 5 nitrogen and oxygen atoms in total. The zero-order valence-electron chi connectivity index (χ0n) is 15.6. The number of fused-ring (bicyclic) bond motifs is 1. The van der Waals surface area contributed by atoms with Crippen LogP contribution in [0.3, 0.4) is 0 Å². The van der Waals surface area contributed by atoms with Crippen LogP contribution in [0.2, 0.25) is 0 Å². The third-order valence-corrected chi connectivity index (χ3v) is 6.08. The van der Waals surface area contributed by atoms with Crippen molar-refractivity contribution in [2.75, 3.05) is 26.2 Å². The highest BCUT2D eigenvalue weighted by Gasteiger charge is 2.38. The van der Waals surface area contributed by atoms with Crippen LogP contribution in [0.5, 0.6) is 5.75 Å². The Balaban J connectivity index is 1.86. The van der Waals surface area contributed by atoms with E-state index in [-0.39, 0.29) is 11.8 Å². The van der Waals surface area contributed by atoms with Gasteiger partial charge < -0.3 is 4.74 Å². The average Bonchev–Trinajstić information content (AvgIpc) is 2.66. The molecule has 0 radical (unpaired) electrons. The van der Waals surface area contributed by atoms with Crippen LogP contribution in [0.25, 0.3) is 0 Å². The van der Waals surface area contributed by atoms with Gasteiger partial charge in [-0.15, -0.1) is 0 Å². The van der Waals surface area contributed by atoms with Crippen molar-refractivity contribution in [2.45, 2.75) is 32.6 Å². The van der Waals surface area contributed by atoms with Crippen molar-refractivity contribution in [1.29, 1.82) is 5.26 Å². The molecule has 1 saturated heterocycles. The number of nitriles is 1. The van der Waals surface area contributed by atoms with E-state index in [4.69, 9.17) is 4.74 Å². The molecule has 2 heterocycles. The summed E-state index contributed by atoms with van der Waals surface area (Å²) in [5.74, 6) is 2.11. The van der Waals surface area contributed by atoms with E-state index < -0.39 is 0 Å². The standard InChI is InChI=1S/C20H25N3O2S/c1-14(2)7-8-22-12-23-19(24)10-17(18(11-21)20(23)26-13-22)15-5-4-6-16(9-15)25-3/h4-6,9,14,17H,7-8,10,12-13H2,1-3H3/t17-/m0/s1. The summed E-state index contributed by atoms with van der Waals surface area (Å²) < 4.78 is 5.30. The van der Waals surface area contributed by atoms with Gasteiger partial charge in [0.1, 0.15) is 5.75 Å². The van der Waals surface area contributed by atoms with Crippen molar-refractivity contribution in [1.82, 2.24) is 9.80 Å². The normalized spacial score (nSPS) is 21.0. The fourth-order valence-electron chi connectivity index (χ4n) is 3.33. The van der Waals surface area contributed by atoms with E-state index in [0.29, 0.717) is 24.6 Å². The third kappa shape index (κ3) is 3.89. The van der Waals surface area contributed by atoms with Gasteiger partial charge in [0.15, 0.2) is 0 Å². The smallest absolute Gasteiger partial charge is 0.229 e. The molecule has 0 N–H and O–H groups in total. The molecule has 2 aliphatic rings. The monoisotopic (exact) mass is 371 g/mol. The number of rotatable bonds is 5. The summed E-state index contributed by atoms with van der Waals surface area (Å²) in [6.07, 6.45) is 1.44. The Hall–Kier alpha value is -1.97. The van der Waals surface area contributed by atoms with E-state index in [0.717, 1.165) is 35.2 Å². The van der Waals surface area contributed by atoms with Gasteiger partial charge in [-0.25, -0.2) is 0 Å². The minimum absolute atomic E-state index is 0.0913. The first kappa shape index (κ1) is 18.8. The van der Waals surface area contributed by atoms with E-state index in [1.807, 2.05) is 24.3 Å². The predicted octanol–water partition coefficient (Wildman–Crippen LogP) is 3.76. The number of hydrogen-bond acceptors (Lipinski definition) is 5. The van der Waals surface area contributed by atoms with Crippen molar-refractivity contribution < 1.29 is 9.53 Å². The lowest BCUT2D eigenvalue weighted by atomic mass is 9.86. The van der Waals surface area contributed by atoms with Crippen LogP contribution >= 0.6 is 11.8 Å². The van der Waals surface area contributed by atoms with Crippen LogP contribution in [0, 0.1) is 17.2 Å². The quantitative estimate of drug-likeness (QED) is 0.789. The summed E-state index contributed by atoms with van der Waals surface area (Å²) in [6, 6.07) is 10.1. The molecule has 6 heteroatoms. The number of hydrogen-bond donors (Lipinski definition) is 0. The van der Waals surface area contributed by atoms with Gasteiger partial charge in [0, 0.05) is 18.9 Å². The number of benzene rings is 1. The lowest BCUT2D eigenvalue weighted by molar-refractivity contribution is -0.131. The molecule has 3 rings (SSSR count). The van der Waals surface area contributed by atoms with Gasteiger partial charge in [-0.3, -0.25) is 14.6 Å². The highest BCUT2D eigenvalue weighted by atomic mass is 32.2. The summed E-state index contributed by atoms with van der Waals surface area (Å²) in [7, 11) is 1.62. The fraction of sp³-hybridized carbons (Fsp3) is 0.500. The summed E-state index contributed by atoms with van der Waals surface area (Å²) in [5, 5.41) is 10.6.